The zero-order valence-electron chi connectivity index (χ0n) is 21.6. The fourth-order valence-corrected chi connectivity index (χ4v) is 5.43. The molecule has 0 fully saturated rings. The van der Waals surface area contributed by atoms with E-state index in [2.05, 4.69) is 0 Å². The number of ether oxygens (including phenoxy) is 2. The summed E-state index contributed by atoms with van der Waals surface area (Å²) in [4.78, 5) is 39.6. The van der Waals surface area contributed by atoms with Gasteiger partial charge in [-0.25, -0.2) is 9.59 Å². The van der Waals surface area contributed by atoms with Gasteiger partial charge in [-0.15, -0.1) is 0 Å². The SMILES string of the molecule is CCOC(=O)C1=CC2=C(CC1)OC(c1ccc(C)o1)c1c3c(c(-c4ccccc4)n12)c(=O)n(C)c(=O)n3C. The summed E-state index contributed by atoms with van der Waals surface area (Å²) in [6.07, 6.45) is 1.99. The van der Waals surface area contributed by atoms with E-state index < -0.39 is 17.4 Å². The highest BCUT2D eigenvalue weighted by atomic mass is 16.5. The molecule has 2 aliphatic rings. The number of benzene rings is 1. The first-order valence-corrected chi connectivity index (χ1v) is 12.6. The Morgan fingerprint density at radius 1 is 1.05 bits per heavy atom. The molecule has 0 bridgehead atoms. The lowest BCUT2D eigenvalue weighted by Crippen LogP contribution is -2.37. The van der Waals surface area contributed by atoms with Crippen LogP contribution < -0.4 is 11.2 Å². The zero-order valence-corrected chi connectivity index (χ0v) is 21.6. The van der Waals surface area contributed by atoms with E-state index in [1.54, 1.807) is 20.0 Å². The Morgan fingerprint density at radius 2 is 1.82 bits per heavy atom. The minimum Gasteiger partial charge on any atom is -0.478 e. The smallest absolute Gasteiger partial charge is 0.334 e. The second-order valence-electron chi connectivity index (χ2n) is 9.51. The largest absolute Gasteiger partial charge is 0.478 e. The van der Waals surface area contributed by atoms with Gasteiger partial charge in [0.05, 0.1) is 34.6 Å². The van der Waals surface area contributed by atoms with Crippen LogP contribution in [0.5, 0.6) is 0 Å². The fourth-order valence-electron chi connectivity index (χ4n) is 5.43. The average molecular weight is 514 g/mol. The van der Waals surface area contributed by atoms with Crippen molar-refractivity contribution in [2.24, 2.45) is 14.1 Å². The number of aromatic nitrogens is 3. The van der Waals surface area contributed by atoms with Crippen molar-refractivity contribution in [2.75, 3.05) is 6.61 Å². The van der Waals surface area contributed by atoms with Crippen LogP contribution >= 0.6 is 0 Å². The van der Waals surface area contributed by atoms with Crippen LogP contribution in [-0.2, 0) is 28.4 Å². The van der Waals surface area contributed by atoms with Gasteiger partial charge in [-0.1, -0.05) is 30.3 Å². The second kappa shape index (κ2) is 8.79. The summed E-state index contributed by atoms with van der Waals surface area (Å²) in [5.41, 5.74) is 2.76. The van der Waals surface area contributed by atoms with Gasteiger partial charge in [0.15, 0.2) is 11.9 Å². The molecular weight excluding hydrogens is 486 g/mol. The Labute approximate surface area is 217 Å². The molecule has 9 heteroatoms. The van der Waals surface area contributed by atoms with Crippen LogP contribution in [0.15, 0.2) is 73.9 Å². The van der Waals surface area contributed by atoms with Crippen molar-refractivity contribution >= 4 is 22.6 Å². The maximum atomic E-state index is 13.7. The van der Waals surface area contributed by atoms with Crippen LogP contribution in [0.1, 0.15) is 43.1 Å². The molecule has 38 heavy (non-hydrogen) atoms. The topological polar surface area (TPSA) is 97.6 Å². The molecule has 194 valence electrons. The van der Waals surface area contributed by atoms with Gasteiger partial charge in [-0.2, -0.15) is 0 Å². The van der Waals surface area contributed by atoms with Crippen molar-refractivity contribution in [3.63, 3.8) is 0 Å². The number of rotatable bonds is 4. The molecule has 6 rings (SSSR count). The van der Waals surface area contributed by atoms with E-state index in [0.717, 1.165) is 10.1 Å². The van der Waals surface area contributed by atoms with Crippen LogP contribution in [-0.4, -0.2) is 26.3 Å². The molecule has 9 nitrogen and oxygen atoms in total. The van der Waals surface area contributed by atoms with Gasteiger partial charge in [-0.3, -0.25) is 13.9 Å². The molecule has 4 aromatic rings. The first-order chi connectivity index (χ1) is 18.3. The van der Waals surface area contributed by atoms with E-state index >= 15 is 0 Å². The average Bonchev–Trinajstić information content (AvgIpc) is 3.52. The number of hydrogen-bond acceptors (Lipinski definition) is 6. The van der Waals surface area contributed by atoms with Gasteiger partial charge in [0.25, 0.3) is 5.56 Å². The van der Waals surface area contributed by atoms with Crippen molar-refractivity contribution in [2.45, 2.75) is 32.8 Å². The molecule has 1 aromatic carbocycles. The Kier molecular flexibility index (Phi) is 5.52. The van der Waals surface area contributed by atoms with E-state index in [4.69, 9.17) is 13.9 Å². The lowest BCUT2D eigenvalue weighted by atomic mass is 9.98. The summed E-state index contributed by atoms with van der Waals surface area (Å²) >= 11 is 0. The van der Waals surface area contributed by atoms with E-state index in [9.17, 15) is 14.4 Å². The van der Waals surface area contributed by atoms with E-state index in [1.807, 2.05) is 54.0 Å². The van der Waals surface area contributed by atoms with Crippen molar-refractivity contribution in [1.82, 2.24) is 13.7 Å². The standard InChI is InChI=1S/C29H27N3O6/c1-5-36-28(34)18-12-14-20-19(15-18)32-23(17-9-7-6-8-10-17)22-24(30(3)29(35)31(4)27(22)33)25(32)26(38-20)21-13-11-16(2)37-21/h6-11,13,15,26H,5,12,14H2,1-4H3. The first kappa shape index (κ1) is 23.8. The molecule has 3 aromatic heterocycles. The summed E-state index contributed by atoms with van der Waals surface area (Å²) < 4.78 is 22.4. The third-order valence-electron chi connectivity index (χ3n) is 7.18. The molecule has 0 saturated carbocycles. The Hall–Kier alpha value is -4.53. The molecule has 0 saturated heterocycles. The minimum atomic E-state index is -0.710. The molecule has 1 atom stereocenters. The summed E-state index contributed by atoms with van der Waals surface area (Å²) in [6, 6.07) is 13.3. The summed E-state index contributed by atoms with van der Waals surface area (Å²) in [5.74, 6) is 1.56. The van der Waals surface area contributed by atoms with Gasteiger partial charge >= 0.3 is 11.7 Å². The van der Waals surface area contributed by atoms with Gasteiger partial charge in [0.1, 0.15) is 11.5 Å². The summed E-state index contributed by atoms with van der Waals surface area (Å²) in [7, 11) is 3.12. The predicted octanol–water partition coefficient (Wildman–Crippen LogP) is 4.18. The predicted molar refractivity (Wildman–Crippen MR) is 141 cm³/mol. The highest BCUT2D eigenvalue weighted by Gasteiger charge is 2.39. The highest BCUT2D eigenvalue weighted by Crippen LogP contribution is 2.48. The van der Waals surface area contributed by atoms with Crippen LogP contribution in [0, 0.1) is 6.92 Å². The van der Waals surface area contributed by atoms with E-state index in [1.165, 1.54) is 11.6 Å². The number of allylic oxidation sites excluding steroid dienone is 3. The zero-order chi connectivity index (χ0) is 26.7. The van der Waals surface area contributed by atoms with Gasteiger partial charge in [0, 0.05) is 26.1 Å². The van der Waals surface area contributed by atoms with E-state index in [-0.39, 0.29) is 12.6 Å². The number of esters is 1. The summed E-state index contributed by atoms with van der Waals surface area (Å²) in [5, 5.41) is 0.387. The van der Waals surface area contributed by atoms with Gasteiger partial charge < -0.3 is 18.5 Å². The van der Waals surface area contributed by atoms with Gasteiger partial charge in [-0.05, 0) is 44.0 Å². The second-order valence-corrected chi connectivity index (χ2v) is 9.51. The molecule has 4 heterocycles. The van der Waals surface area contributed by atoms with Crippen LogP contribution in [0.3, 0.4) is 0 Å². The number of nitrogens with zero attached hydrogens (tertiary/aromatic N) is 3. The molecule has 0 spiro atoms. The van der Waals surface area contributed by atoms with Crippen molar-refractivity contribution in [1.29, 1.82) is 0 Å². The van der Waals surface area contributed by atoms with Crippen molar-refractivity contribution < 1.29 is 18.7 Å². The Balaban J connectivity index is 1.79. The number of carbonyl (C=O) groups excluding carboxylic acids is 1. The normalized spacial score (nSPS) is 16.6. The van der Waals surface area contributed by atoms with Crippen LogP contribution in [0.25, 0.3) is 27.9 Å². The third-order valence-corrected chi connectivity index (χ3v) is 7.18. The molecule has 1 unspecified atom stereocenters. The van der Waals surface area contributed by atoms with Crippen molar-refractivity contribution in [3.05, 3.63) is 97.9 Å². The lowest BCUT2D eigenvalue weighted by Gasteiger charge is -2.32. The number of carbonyl (C=O) groups is 1. The minimum absolute atomic E-state index is 0.268. The Bertz CT molecular complexity index is 1800. The molecular formula is C29H27N3O6. The first-order valence-electron chi connectivity index (χ1n) is 12.6. The van der Waals surface area contributed by atoms with Crippen LogP contribution in [0.2, 0.25) is 0 Å². The maximum Gasteiger partial charge on any atom is 0.334 e. The monoisotopic (exact) mass is 513 g/mol. The maximum absolute atomic E-state index is 13.7. The van der Waals surface area contributed by atoms with Crippen molar-refractivity contribution in [3.8, 4) is 11.3 Å². The number of furan rings is 1. The fraction of sp³-hybridized carbons (Fsp3) is 0.276. The van der Waals surface area contributed by atoms with E-state index in [0.29, 0.717) is 63.7 Å². The number of hydrogen-bond donors (Lipinski definition) is 0. The molecule has 0 N–H and O–H groups in total. The molecule has 0 amide bonds. The Morgan fingerprint density at radius 3 is 2.50 bits per heavy atom. The summed E-state index contributed by atoms with van der Waals surface area (Å²) in [6.45, 7) is 3.89. The van der Waals surface area contributed by atoms with Gasteiger partial charge in [0.2, 0.25) is 0 Å². The molecule has 1 aliphatic heterocycles. The third kappa shape index (κ3) is 3.42. The number of fused-ring (bicyclic) bond motifs is 4. The van der Waals surface area contributed by atoms with Crippen LogP contribution in [0.4, 0.5) is 0 Å². The molecule has 1 aliphatic carbocycles. The quantitative estimate of drug-likeness (QED) is 0.380. The highest BCUT2D eigenvalue weighted by molar-refractivity contribution is 6.00. The number of aryl methyl sites for hydroxylation is 2. The lowest BCUT2D eigenvalue weighted by molar-refractivity contribution is -0.138. The molecule has 0 radical (unpaired) electrons.